The largest absolute Gasteiger partial charge is 0.573 e. The van der Waals surface area contributed by atoms with Crippen LogP contribution in [0.3, 0.4) is 0 Å². The molecule has 0 aliphatic carbocycles. The molecule has 1 N–H and O–H groups in total. The number of aromatic nitrogens is 1. The quantitative estimate of drug-likeness (QED) is 0.197. The fourth-order valence-electron chi connectivity index (χ4n) is 3.35. The van der Waals surface area contributed by atoms with Gasteiger partial charge in [0.2, 0.25) is 5.91 Å². The maximum Gasteiger partial charge on any atom is 0.573 e. The Kier molecular flexibility index (Phi) is 10.2. The molecule has 3 rings (SSSR count). The van der Waals surface area contributed by atoms with E-state index in [0.29, 0.717) is 41.4 Å². The van der Waals surface area contributed by atoms with Gasteiger partial charge in [-0.1, -0.05) is 23.7 Å². The van der Waals surface area contributed by atoms with E-state index in [2.05, 4.69) is 10.1 Å². The molecule has 0 saturated heterocycles. The van der Waals surface area contributed by atoms with Crippen LogP contribution in [-0.2, 0) is 27.4 Å². The fraction of sp³-hybridized carbons (Fsp3) is 0.320. The zero-order chi connectivity index (χ0) is 26.8. The van der Waals surface area contributed by atoms with Crippen molar-refractivity contribution in [3.05, 3.63) is 69.3 Å². The summed E-state index contributed by atoms with van der Waals surface area (Å²) in [5.41, 5.74) is 2.41. The van der Waals surface area contributed by atoms with Crippen molar-refractivity contribution in [2.75, 3.05) is 13.2 Å². The zero-order valence-electron chi connectivity index (χ0n) is 19.9. The van der Waals surface area contributed by atoms with Gasteiger partial charge in [-0.15, -0.1) is 24.5 Å². The van der Waals surface area contributed by atoms with Gasteiger partial charge < -0.3 is 19.4 Å². The number of amides is 1. The normalized spacial score (nSPS) is 11.9. The average Bonchev–Trinajstić information content (AvgIpc) is 3.23. The summed E-state index contributed by atoms with van der Waals surface area (Å²) in [6.45, 7) is 3.06. The highest BCUT2D eigenvalue weighted by molar-refractivity contribution is 7.07. The number of halogens is 4. The number of nitrogens with zero attached hydrogens (tertiary/aromatic N) is 2. The van der Waals surface area contributed by atoms with Gasteiger partial charge in [0, 0.05) is 23.5 Å². The van der Waals surface area contributed by atoms with Gasteiger partial charge in [-0.25, -0.2) is 0 Å². The Balaban J connectivity index is 1.76. The number of rotatable bonds is 11. The first-order chi connectivity index (χ1) is 17.6. The summed E-state index contributed by atoms with van der Waals surface area (Å²) in [6, 6.07) is 12.9. The number of alkyl halides is 3. The lowest BCUT2D eigenvalue weighted by molar-refractivity contribution is -0.274. The van der Waals surface area contributed by atoms with Crippen LogP contribution in [0.2, 0.25) is 5.02 Å². The molecular weight excluding hydrogens is 531 g/mol. The molecule has 1 aromatic heterocycles. The van der Waals surface area contributed by atoms with E-state index in [9.17, 15) is 22.8 Å². The molecular formula is C25H25ClF3N3O4S. The van der Waals surface area contributed by atoms with Crippen molar-refractivity contribution in [3.8, 4) is 17.0 Å². The molecule has 0 aliphatic heterocycles. The molecule has 2 aromatic carbocycles. The summed E-state index contributed by atoms with van der Waals surface area (Å²) in [7, 11) is 0. The monoisotopic (exact) mass is 555 g/mol. The third kappa shape index (κ3) is 9.25. The lowest BCUT2D eigenvalue weighted by Crippen LogP contribution is -2.28. The van der Waals surface area contributed by atoms with E-state index in [1.807, 2.05) is 22.1 Å². The first-order valence-electron chi connectivity index (χ1n) is 11.4. The molecule has 0 aliphatic rings. The van der Waals surface area contributed by atoms with Crippen LogP contribution in [0.15, 0.2) is 58.9 Å². The van der Waals surface area contributed by atoms with Crippen molar-refractivity contribution in [2.24, 2.45) is 4.99 Å². The van der Waals surface area contributed by atoms with Crippen LogP contribution in [0.5, 0.6) is 5.75 Å². The van der Waals surface area contributed by atoms with E-state index in [-0.39, 0.29) is 18.8 Å². The lowest BCUT2D eigenvalue weighted by Gasteiger charge is -2.12. The highest BCUT2D eigenvalue weighted by Gasteiger charge is 2.31. The number of hydrogen-bond donors (Lipinski definition) is 1. The Morgan fingerprint density at radius 3 is 2.46 bits per heavy atom. The van der Waals surface area contributed by atoms with Gasteiger partial charge in [-0.05, 0) is 60.9 Å². The third-order valence-electron chi connectivity index (χ3n) is 4.98. The number of carbonyl (C=O) groups is 2. The van der Waals surface area contributed by atoms with E-state index in [0.717, 1.165) is 11.3 Å². The third-order valence-corrected chi connectivity index (χ3v) is 6.14. The minimum Gasteiger partial charge on any atom is -0.466 e. The number of ether oxygens (including phenoxy) is 2. The van der Waals surface area contributed by atoms with Crippen molar-refractivity contribution in [3.63, 3.8) is 0 Å². The number of esters is 1. The predicted molar refractivity (Wildman–Crippen MR) is 134 cm³/mol. The minimum atomic E-state index is -4.77. The highest BCUT2D eigenvalue weighted by atomic mass is 35.5. The molecule has 0 fully saturated rings. The summed E-state index contributed by atoms with van der Waals surface area (Å²) in [5, 5.41) is 5.19. The molecule has 0 unspecified atom stereocenters. The van der Waals surface area contributed by atoms with Crippen molar-refractivity contribution in [1.29, 1.82) is 0 Å². The maximum absolute atomic E-state index is 12.5. The first kappa shape index (κ1) is 28.3. The van der Waals surface area contributed by atoms with Crippen molar-refractivity contribution >= 4 is 34.8 Å². The topological polar surface area (TPSA) is 81.9 Å². The number of thiazole rings is 1. The van der Waals surface area contributed by atoms with Crippen LogP contribution in [0, 0.1) is 0 Å². The van der Waals surface area contributed by atoms with Crippen molar-refractivity contribution < 1.29 is 32.2 Å². The van der Waals surface area contributed by atoms with E-state index in [1.54, 1.807) is 31.2 Å². The van der Waals surface area contributed by atoms with Crippen LogP contribution < -0.4 is 14.9 Å². The standard InChI is InChI=1S/C25H25ClF3N3O4S/c1-2-35-23(34)14-22(33)30-12-3-13-32-21(18-6-10-20(11-7-18)36-25(27,28)29)16-37-24(32)31-15-17-4-8-19(26)9-5-17/h4-11,16H,2-3,12-15H2,1H3,(H,30,33). The molecule has 0 spiro atoms. The van der Waals surface area contributed by atoms with Gasteiger partial charge in [-0.2, -0.15) is 0 Å². The summed E-state index contributed by atoms with van der Waals surface area (Å²) < 4.78 is 48.2. The zero-order valence-corrected chi connectivity index (χ0v) is 21.5. The molecule has 1 heterocycles. The van der Waals surface area contributed by atoms with Crippen molar-refractivity contribution in [1.82, 2.24) is 9.88 Å². The first-order valence-corrected chi connectivity index (χ1v) is 12.6. The molecule has 7 nitrogen and oxygen atoms in total. The highest BCUT2D eigenvalue weighted by Crippen LogP contribution is 2.27. The van der Waals surface area contributed by atoms with Crippen LogP contribution in [0.1, 0.15) is 25.3 Å². The Morgan fingerprint density at radius 2 is 1.81 bits per heavy atom. The molecule has 1 amide bonds. The van der Waals surface area contributed by atoms with Gasteiger partial charge in [0.05, 0.1) is 18.8 Å². The number of hydrogen-bond acceptors (Lipinski definition) is 6. The van der Waals surface area contributed by atoms with Gasteiger partial charge in [-0.3, -0.25) is 14.6 Å². The number of carbonyl (C=O) groups excluding carboxylic acids is 2. The van der Waals surface area contributed by atoms with Gasteiger partial charge in [0.15, 0.2) is 4.80 Å². The Morgan fingerprint density at radius 1 is 1.11 bits per heavy atom. The lowest BCUT2D eigenvalue weighted by atomic mass is 10.1. The fourth-order valence-corrected chi connectivity index (χ4v) is 4.41. The summed E-state index contributed by atoms with van der Waals surface area (Å²) in [5.74, 6) is -1.33. The van der Waals surface area contributed by atoms with E-state index >= 15 is 0 Å². The summed E-state index contributed by atoms with van der Waals surface area (Å²) >= 11 is 7.35. The van der Waals surface area contributed by atoms with Crippen LogP contribution >= 0.6 is 22.9 Å². The Labute approximate surface area is 220 Å². The molecule has 0 saturated carbocycles. The number of nitrogens with one attached hydrogen (secondary N) is 1. The molecule has 0 radical (unpaired) electrons. The second-order valence-corrected chi connectivity index (χ2v) is 9.03. The van der Waals surface area contributed by atoms with Gasteiger partial charge in [0.1, 0.15) is 12.2 Å². The molecule has 0 atom stereocenters. The molecule has 12 heteroatoms. The van der Waals surface area contributed by atoms with Gasteiger partial charge in [0.25, 0.3) is 0 Å². The molecule has 37 heavy (non-hydrogen) atoms. The van der Waals surface area contributed by atoms with E-state index < -0.39 is 18.2 Å². The predicted octanol–water partition coefficient (Wildman–Crippen LogP) is 5.33. The molecule has 198 valence electrons. The van der Waals surface area contributed by atoms with E-state index in [4.69, 9.17) is 21.3 Å². The van der Waals surface area contributed by atoms with Crippen LogP contribution in [-0.4, -0.2) is 36.0 Å². The second-order valence-electron chi connectivity index (χ2n) is 7.76. The Hall–Kier alpha value is -3.31. The number of benzene rings is 2. The Bertz CT molecular complexity index is 1260. The minimum absolute atomic E-state index is 0.204. The van der Waals surface area contributed by atoms with Crippen LogP contribution in [0.25, 0.3) is 11.3 Å². The average molecular weight is 556 g/mol. The maximum atomic E-state index is 12.5. The van der Waals surface area contributed by atoms with Crippen LogP contribution in [0.4, 0.5) is 13.2 Å². The molecule has 3 aromatic rings. The molecule has 0 bridgehead atoms. The summed E-state index contributed by atoms with van der Waals surface area (Å²) in [4.78, 5) is 28.8. The smallest absolute Gasteiger partial charge is 0.466 e. The van der Waals surface area contributed by atoms with Crippen molar-refractivity contribution in [2.45, 2.75) is 39.2 Å². The van der Waals surface area contributed by atoms with E-state index in [1.165, 1.54) is 23.5 Å². The SMILES string of the molecule is CCOC(=O)CC(=O)NCCCn1c(-c2ccc(OC(F)(F)F)cc2)csc1=NCc1ccc(Cl)cc1. The van der Waals surface area contributed by atoms with Gasteiger partial charge >= 0.3 is 12.3 Å². The second kappa shape index (κ2) is 13.3. The summed E-state index contributed by atoms with van der Waals surface area (Å²) in [6.07, 6.45) is -4.59.